The van der Waals surface area contributed by atoms with Crippen molar-refractivity contribution < 1.29 is 14.3 Å². The molecule has 0 aromatic heterocycles. The quantitative estimate of drug-likeness (QED) is 0.861. The Bertz CT molecular complexity index is 514. The van der Waals surface area contributed by atoms with Crippen molar-refractivity contribution in [1.29, 1.82) is 0 Å². The predicted octanol–water partition coefficient (Wildman–Crippen LogP) is 1.35. The third-order valence-corrected chi connectivity index (χ3v) is 3.88. The molecule has 1 fully saturated rings. The molecule has 0 saturated carbocycles. The van der Waals surface area contributed by atoms with E-state index in [-0.39, 0.29) is 5.91 Å². The Labute approximate surface area is 130 Å². The van der Waals surface area contributed by atoms with Crippen LogP contribution in [0, 0.1) is 5.92 Å². The largest absolute Gasteiger partial charge is 0.384 e. The number of carbonyl (C=O) groups excluding carboxylic acids is 2. The summed E-state index contributed by atoms with van der Waals surface area (Å²) < 4.78 is 5.19. The van der Waals surface area contributed by atoms with Gasteiger partial charge >= 0.3 is 6.03 Å². The Morgan fingerprint density at radius 2 is 2.09 bits per heavy atom. The summed E-state index contributed by atoms with van der Waals surface area (Å²) in [4.78, 5) is 25.1. The number of benzene rings is 1. The number of hydrogen-bond donors (Lipinski definition) is 2. The number of rotatable bonds is 5. The van der Waals surface area contributed by atoms with Crippen LogP contribution in [0.25, 0.3) is 0 Å². The van der Waals surface area contributed by atoms with Gasteiger partial charge < -0.3 is 20.7 Å². The molecule has 1 unspecified atom stereocenters. The van der Waals surface area contributed by atoms with Gasteiger partial charge in [-0.3, -0.25) is 4.79 Å². The number of methoxy groups -OCH3 is 1. The highest BCUT2D eigenvalue weighted by Crippen LogP contribution is 2.19. The van der Waals surface area contributed by atoms with E-state index in [9.17, 15) is 9.59 Å². The molecule has 6 nitrogen and oxygen atoms in total. The second-order valence-corrected chi connectivity index (χ2v) is 5.63. The van der Waals surface area contributed by atoms with Crippen LogP contribution in [0.15, 0.2) is 24.3 Å². The topological polar surface area (TPSA) is 84.7 Å². The minimum atomic E-state index is -0.558. The predicted molar refractivity (Wildman–Crippen MR) is 83.4 cm³/mol. The SMILES string of the molecule is COCC1CCCN(C(=O)c2ccc(CNC(N)=O)cc2)C1. The number of hydrogen-bond acceptors (Lipinski definition) is 3. The van der Waals surface area contributed by atoms with E-state index in [0.717, 1.165) is 31.5 Å². The van der Waals surface area contributed by atoms with E-state index < -0.39 is 6.03 Å². The van der Waals surface area contributed by atoms with E-state index in [2.05, 4.69) is 5.32 Å². The molecule has 2 rings (SSSR count). The molecule has 3 amide bonds. The van der Waals surface area contributed by atoms with Gasteiger partial charge in [-0.1, -0.05) is 12.1 Å². The third kappa shape index (κ3) is 4.46. The zero-order chi connectivity index (χ0) is 15.9. The molecular formula is C16H23N3O3. The Morgan fingerprint density at radius 1 is 1.36 bits per heavy atom. The number of ether oxygens (including phenoxy) is 1. The van der Waals surface area contributed by atoms with E-state index in [1.165, 1.54) is 0 Å². The van der Waals surface area contributed by atoms with E-state index in [1.54, 1.807) is 19.2 Å². The van der Waals surface area contributed by atoms with Crippen LogP contribution in [-0.4, -0.2) is 43.6 Å². The van der Waals surface area contributed by atoms with Gasteiger partial charge in [0, 0.05) is 32.3 Å². The molecule has 3 N–H and O–H groups in total. The number of likely N-dealkylation sites (tertiary alicyclic amines) is 1. The highest BCUT2D eigenvalue weighted by molar-refractivity contribution is 5.94. The molecule has 22 heavy (non-hydrogen) atoms. The maximum absolute atomic E-state index is 12.5. The van der Waals surface area contributed by atoms with Crippen molar-refractivity contribution in [3.8, 4) is 0 Å². The Morgan fingerprint density at radius 3 is 2.73 bits per heavy atom. The normalized spacial score (nSPS) is 18.0. The molecule has 1 aliphatic heterocycles. The lowest BCUT2D eigenvalue weighted by atomic mass is 9.98. The fourth-order valence-electron chi connectivity index (χ4n) is 2.76. The van der Waals surface area contributed by atoms with Crippen molar-refractivity contribution in [1.82, 2.24) is 10.2 Å². The van der Waals surface area contributed by atoms with Gasteiger partial charge in [0.05, 0.1) is 6.61 Å². The van der Waals surface area contributed by atoms with Gasteiger partial charge in [0.2, 0.25) is 0 Å². The lowest BCUT2D eigenvalue weighted by molar-refractivity contribution is 0.0571. The number of nitrogens with two attached hydrogens (primary N) is 1. The number of nitrogens with one attached hydrogen (secondary N) is 1. The molecule has 1 aromatic carbocycles. The van der Waals surface area contributed by atoms with Crippen LogP contribution in [0.2, 0.25) is 0 Å². The molecule has 1 aliphatic rings. The molecule has 1 heterocycles. The fourth-order valence-corrected chi connectivity index (χ4v) is 2.76. The van der Waals surface area contributed by atoms with Crippen LogP contribution in [0.3, 0.4) is 0 Å². The summed E-state index contributed by atoms with van der Waals surface area (Å²) in [5.41, 5.74) is 6.61. The Hall–Kier alpha value is -2.08. The molecule has 1 atom stereocenters. The fraction of sp³-hybridized carbons (Fsp3) is 0.500. The second-order valence-electron chi connectivity index (χ2n) is 5.63. The van der Waals surface area contributed by atoms with Gasteiger partial charge in [-0.2, -0.15) is 0 Å². The van der Waals surface area contributed by atoms with Gasteiger partial charge in [-0.25, -0.2) is 4.79 Å². The minimum absolute atomic E-state index is 0.0511. The molecule has 1 aromatic rings. The van der Waals surface area contributed by atoms with Crippen LogP contribution in [0.5, 0.6) is 0 Å². The number of urea groups is 1. The minimum Gasteiger partial charge on any atom is -0.384 e. The van der Waals surface area contributed by atoms with E-state index in [1.807, 2.05) is 17.0 Å². The molecule has 120 valence electrons. The van der Waals surface area contributed by atoms with Crippen molar-refractivity contribution in [2.45, 2.75) is 19.4 Å². The molecule has 6 heteroatoms. The highest BCUT2D eigenvalue weighted by atomic mass is 16.5. The second kappa shape index (κ2) is 7.79. The first-order chi connectivity index (χ1) is 10.6. The summed E-state index contributed by atoms with van der Waals surface area (Å²) in [6.45, 7) is 2.60. The van der Waals surface area contributed by atoms with Crippen molar-refractivity contribution in [3.05, 3.63) is 35.4 Å². The average Bonchev–Trinajstić information content (AvgIpc) is 2.53. The van der Waals surface area contributed by atoms with Gasteiger partial charge in [-0.15, -0.1) is 0 Å². The third-order valence-electron chi connectivity index (χ3n) is 3.88. The summed E-state index contributed by atoms with van der Waals surface area (Å²) in [6, 6.07) is 6.69. The van der Waals surface area contributed by atoms with Gasteiger partial charge in [0.15, 0.2) is 0 Å². The van der Waals surface area contributed by atoms with E-state index in [4.69, 9.17) is 10.5 Å². The van der Waals surface area contributed by atoms with Crippen LogP contribution in [0.1, 0.15) is 28.8 Å². The standard InChI is InChI=1S/C16H23N3O3/c1-22-11-13-3-2-8-19(10-13)15(20)14-6-4-12(5-7-14)9-18-16(17)21/h4-7,13H,2-3,8-11H2,1H3,(H3,17,18,21). The number of piperidine rings is 1. The summed E-state index contributed by atoms with van der Waals surface area (Å²) in [7, 11) is 1.69. The summed E-state index contributed by atoms with van der Waals surface area (Å²) in [6.07, 6.45) is 2.12. The van der Waals surface area contributed by atoms with Crippen LogP contribution in [0.4, 0.5) is 4.79 Å². The number of amides is 3. The smallest absolute Gasteiger partial charge is 0.312 e. The van der Waals surface area contributed by atoms with Crippen LogP contribution in [-0.2, 0) is 11.3 Å². The number of carbonyl (C=O) groups is 2. The first kappa shape index (κ1) is 16.3. The summed E-state index contributed by atoms with van der Waals surface area (Å²) in [5, 5.41) is 2.52. The summed E-state index contributed by atoms with van der Waals surface area (Å²) >= 11 is 0. The van der Waals surface area contributed by atoms with Crippen LogP contribution < -0.4 is 11.1 Å². The summed E-state index contributed by atoms with van der Waals surface area (Å²) in [5.74, 6) is 0.469. The van der Waals surface area contributed by atoms with Crippen molar-refractivity contribution >= 4 is 11.9 Å². The lowest BCUT2D eigenvalue weighted by Gasteiger charge is -2.32. The van der Waals surface area contributed by atoms with Crippen molar-refractivity contribution in [3.63, 3.8) is 0 Å². The van der Waals surface area contributed by atoms with Crippen molar-refractivity contribution in [2.24, 2.45) is 11.7 Å². The zero-order valence-electron chi connectivity index (χ0n) is 12.9. The van der Waals surface area contributed by atoms with E-state index in [0.29, 0.717) is 24.6 Å². The maximum atomic E-state index is 12.5. The van der Waals surface area contributed by atoms with Crippen LogP contribution >= 0.6 is 0 Å². The molecule has 1 saturated heterocycles. The van der Waals surface area contributed by atoms with Crippen molar-refractivity contribution in [2.75, 3.05) is 26.8 Å². The maximum Gasteiger partial charge on any atom is 0.312 e. The average molecular weight is 305 g/mol. The first-order valence-corrected chi connectivity index (χ1v) is 7.50. The van der Waals surface area contributed by atoms with Gasteiger partial charge in [0.1, 0.15) is 0 Å². The van der Waals surface area contributed by atoms with Gasteiger partial charge in [-0.05, 0) is 36.5 Å². The highest BCUT2D eigenvalue weighted by Gasteiger charge is 2.24. The Balaban J connectivity index is 1.95. The first-order valence-electron chi connectivity index (χ1n) is 7.50. The Kier molecular flexibility index (Phi) is 5.77. The molecule has 0 spiro atoms. The number of nitrogens with zero attached hydrogens (tertiary/aromatic N) is 1. The monoisotopic (exact) mass is 305 g/mol. The molecular weight excluding hydrogens is 282 g/mol. The lowest BCUT2D eigenvalue weighted by Crippen LogP contribution is -2.41. The molecule has 0 bridgehead atoms. The van der Waals surface area contributed by atoms with Gasteiger partial charge in [0.25, 0.3) is 5.91 Å². The number of primary amides is 1. The van der Waals surface area contributed by atoms with E-state index >= 15 is 0 Å². The molecule has 0 aliphatic carbocycles. The molecule has 0 radical (unpaired) electrons. The zero-order valence-corrected chi connectivity index (χ0v) is 12.9.